The monoisotopic (exact) mass is 350 g/mol. The molecule has 0 N–H and O–H groups in total. The predicted molar refractivity (Wildman–Crippen MR) is 75.6 cm³/mol. The Hall–Kier alpha value is -0.790. The van der Waals surface area contributed by atoms with E-state index in [2.05, 4.69) is 28.6 Å². The minimum absolute atomic E-state index is 0.111. The third kappa shape index (κ3) is 2.48. The molecule has 1 amide bonds. The Balaban J connectivity index is 2.56. The molecular formula is C10H8BrClN2O3S. The van der Waals surface area contributed by atoms with E-state index in [0.717, 1.165) is 0 Å². The first-order valence-electron chi connectivity index (χ1n) is 5.02. The zero-order valence-electron chi connectivity index (χ0n) is 8.97. The Morgan fingerprint density at radius 2 is 2.22 bits per heavy atom. The molecule has 1 heterocycles. The molecule has 1 fully saturated rings. The molecule has 0 aliphatic carbocycles. The molecule has 8 heteroatoms. The lowest BCUT2D eigenvalue weighted by molar-refractivity contribution is -0.384. The molecule has 0 bridgehead atoms. The van der Waals surface area contributed by atoms with Crippen LogP contribution in [-0.4, -0.2) is 22.6 Å². The standard InChI is InChI=1S/C10H8BrClN2O3S/c11-7-1-5(12)2-8(14(16)17)10(7)13-4-6(18)3-9(13)15/h1-2,6,18H,3-4H2. The van der Waals surface area contributed by atoms with Gasteiger partial charge in [0.15, 0.2) is 0 Å². The Labute approximate surface area is 122 Å². The summed E-state index contributed by atoms with van der Waals surface area (Å²) in [4.78, 5) is 23.7. The predicted octanol–water partition coefficient (Wildman–Crippen LogP) is 3.05. The van der Waals surface area contributed by atoms with Crippen molar-refractivity contribution in [2.24, 2.45) is 0 Å². The lowest BCUT2D eigenvalue weighted by atomic mass is 10.2. The van der Waals surface area contributed by atoms with Crippen molar-refractivity contribution in [3.8, 4) is 0 Å². The van der Waals surface area contributed by atoms with Crippen LogP contribution in [-0.2, 0) is 4.79 Å². The quantitative estimate of drug-likeness (QED) is 0.506. The second-order valence-corrected chi connectivity index (χ2v) is 5.90. The SMILES string of the molecule is O=C1CC(S)CN1c1c(Br)cc(Cl)cc1[N+](=O)[O-]. The van der Waals surface area contributed by atoms with Gasteiger partial charge < -0.3 is 4.90 Å². The van der Waals surface area contributed by atoms with Crippen LogP contribution in [0.1, 0.15) is 6.42 Å². The van der Waals surface area contributed by atoms with E-state index in [4.69, 9.17) is 11.6 Å². The molecule has 2 rings (SSSR count). The number of nitro groups is 1. The summed E-state index contributed by atoms with van der Waals surface area (Å²) in [6.07, 6.45) is 0.273. The largest absolute Gasteiger partial charge is 0.304 e. The van der Waals surface area contributed by atoms with Crippen LogP contribution in [0.5, 0.6) is 0 Å². The maximum atomic E-state index is 11.8. The van der Waals surface area contributed by atoms with Gasteiger partial charge in [0.2, 0.25) is 5.91 Å². The van der Waals surface area contributed by atoms with Crippen molar-refractivity contribution in [3.05, 3.63) is 31.7 Å². The van der Waals surface area contributed by atoms with Crippen LogP contribution in [0.15, 0.2) is 16.6 Å². The third-order valence-corrected chi connectivity index (χ3v) is 3.75. The highest BCUT2D eigenvalue weighted by Crippen LogP contribution is 2.40. The second kappa shape index (κ2) is 5.07. The number of nitro benzene ring substituents is 1. The van der Waals surface area contributed by atoms with Gasteiger partial charge in [0.25, 0.3) is 5.69 Å². The van der Waals surface area contributed by atoms with Crippen LogP contribution in [0.25, 0.3) is 0 Å². The van der Waals surface area contributed by atoms with Crippen LogP contribution in [0.2, 0.25) is 5.02 Å². The van der Waals surface area contributed by atoms with E-state index in [1.807, 2.05) is 0 Å². The fourth-order valence-electron chi connectivity index (χ4n) is 1.86. The number of nitrogens with zero attached hydrogens (tertiary/aromatic N) is 2. The summed E-state index contributed by atoms with van der Waals surface area (Å²) in [5, 5.41) is 11.2. The van der Waals surface area contributed by atoms with E-state index in [9.17, 15) is 14.9 Å². The number of rotatable bonds is 2. The number of carbonyl (C=O) groups is 1. The number of hydrogen-bond donors (Lipinski definition) is 1. The molecule has 18 heavy (non-hydrogen) atoms. The third-order valence-electron chi connectivity index (χ3n) is 2.58. The maximum Gasteiger partial charge on any atom is 0.295 e. The Bertz CT molecular complexity index is 540. The van der Waals surface area contributed by atoms with Crippen molar-refractivity contribution in [2.75, 3.05) is 11.4 Å². The molecule has 1 saturated heterocycles. The number of amides is 1. The summed E-state index contributed by atoms with van der Waals surface area (Å²) >= 11 is 13.2. The first-order valence-corrected chi connectivity index (χ1v) is 6.70. The molecule has 1 unspecified atom stereocenters. The van der Waals surface area contributed by atoms with Gasteiger partial charge in [-0.25, -0.2) is 0 Å². The summed E-state index contributed by atoms with van der Waals surface area (Å²) in [6.45, 7) is 0.350. The molecule has 1 aromatic rings. The van der Waals surface area contributed by atoms with Crippen LogP contribution in [0.3, 0.4) is 0 Å². The molecule has 0 aromatic heterocycles. The highest BCUT2D eigenvalue weighted by Gasteiger charge is 2.34. The minimum atomic E-state index is -0.550. The molecule has 1 aliphatic heterocycles. The fraction of sp³-hybridized carbons (Fsp3) is 0.300. The number of carbonyl (C=O) groups excluding carboxylic acids is 1. The average Bonchev–Trinajstić information content (AvgIpc) is 2.56. The highest BCUT2D eigenvalue weighted by atomic mass is 79.9. The van der Waals surface area contributed by atoms with Crippen molar-refractivity contribution in [2.45, 2.75) is 11.7 Å². The molecule has 0 saturated carbocycles. The normalized spacial score (nSPS) is 19.4. The lowest BCUT2D eigenvalue weighted by Gasteiger charge is -2.17. The molecule has 1 atom stereocenters. The van der Waals surface area contributed by atoms with Gasteiger partial charge in [-0.15, -0.1) is 0 Å². The number of thiol groups is 1. The van der Waals surface area contributed by atoms with Crippen molar-refractivity contribution >= 4 is 57.4 Å². The number of halogens is 2. The molecular weight excluding hydrogens is 344 g/mol. The average molecular weight is 352 g/mol. The van der Waals surface area contributed by atoms with E-state index in [1.54, 1.807) is 0 Å². The molecule has 0 radical (unpaired) electrons. The fourth-order valence-corrected chi connectivity index (χ4v) is 3.19. The van der Waals surface area contributed by atoms with Crippen LogP contribution >= 0.6 is 40.2 Å². The van der Waals surface area contributed by atoms with Gasteiger partial charge in [-0.2, -0.15) is 12.6 Å². The highest BCUT2D eigenvalue weighted by molar-refractivity contribution is 9.10. The van der Waals surface area contributed by atoms with Crippen molar-refractivity contribution in [3.63, 3.8) is 0 Å². The van der Waals surface area contributed by atoms with Gasteiger partial charge in [-0.3, -0.25) is 14.9 Å². The summed E-state index contributed by atoms with van der Waals surface area (Å²) in [6, 6.07) is 2.77. The summed E-state index contributed by atoms with van der Waals surface area (Å²) in [5.41, 5.74) is 0.0520. The summed E-state index contributed by atoms with van der Waals surface area (Å²) < 4.78 is 0.428. The van der Waals surface area contributed by atoms with Gasteiger partial charge >= 0.3 is 0 Å². The van der Waals surface area contributed by atoms with E-state index < -0.39 is 4.92 Å². The first-order chi connectivity index (χ1) is 8.40. The zero-order chi connectivity index (χ0) is 13.4. The number of hydrogen-bond acceptors (Lipinski definition) is 4. The second-order valence-electron chi connectivity index (χ2n) is 3.87. The zero-order valence-corrected chi connectivity index (χ0v) is 12.2. The van der Waals surface area contributed by atoms with E-state index in [-0.39, 0.29) is 34.0 Å². The van der Waals surface area contributed by atoms with Crippen molar-refractivity contribution in [1.82, 2.24) is 0 Å². The Morgan fingerprint density at radius 1 is 1.56 bits per heavy atom. The van der Waals surface area contributed by atoms with Crippen molar-refractivity contribution in [1.29, 1.82) is 0 Å². The molecule has 1 aliphatic rings. The van der Waals surface area contributed by atoms with Gasteiger partial charge in [0.1, 0.15) is 5.69 Å². The molecule has 5 nitrogen and oxygen atoms in total. The molecule has 0 spiro atoms. The van der Waals surface area contributed by atoms with Crippen molar-refractivity contribution < 1.29 is 9.72 Å². The topological polar surface area (TPSA) is 63.5 Å². The number of anilines is 1. The maximum absolute atomic E-state index is 11.8. The summed E-state index contributed by atoms with van der Waals surface area (Å²) in [7, 11) is 0. The lowest BCUT2D eigenvalue weighted by Crippen LogP contribution is -2.25. The van der Waals surface area contributed by atoms with Crippen LogP contribution < -0.4 is 4.90 Å². The summed E-state index contributed by atoms with van der Waals surface area (Å²) in [5.74, 6) is -0.180. The Morgan fingerprint density at radius 3 is 2.72 bits per heavy atom. The molecule has 96 valence electrons. The molecule has 1 aromatic carbocycles. The van der Waals surface area contributed by atoms with E-state index >= 15 is 0 Å². The van der Waals surface area contributed by atoms with Crippen LogP contribution in [0, 0.1) is 10.1 Å². The van der Waals surface area contributed by atoms with Gasteiger partial charge in [0.05, 0.1) is 4.92 Å². The van der Waals surface area contributed by atoms with Gasteiger partial charge in [0, 0.05) is 33.8 Å². The van der Waals surface area contributed by atoms with E-state index in [0.29, 0.717) is 11.0 Å². The number of benzene rings is 1. The first kappa shape index (κ1) is 13.6. The van der Waals surface area contributed by atoms with E-state index in [1.165, 1.54) is 17.0 Å². The smallest absolute Gasteiger partial charge is 0.295 e. The van der Waals surface area contributed by atoms with Gasteiger partial charge in [-0.1, -0.05) is 11.6 Å². The van der Waals surface area contributed by atoms with Gasteiger partial charge in [-0.05, 0) is 22.0 Å². The Kier molecular flexibility index (Phi) is 3.84. The van der Waals surface area contributed by atoms with Crippen LogP contribution in [0.4, 0.5) is 11.4 Å². The minimum Gasteiger partial charge on any atom is -0.304 e.